The highest BCUT2D eigenvalue weighted by atomic mass is 19.4. The van der Waals surface area contributed by atoms with Gasteiger partial charge in [-0.3, -0.25) is 29.0 Å². The van der Waals surface area contributed by atoms with Crippen LogP contribution in [-0.2, 0) is 25.4 Å². The number of alkyl halides is 3. The summed E-state index contributed by atoms with van der Waals surface area (Å²) in [6, 6.07) is 4.48. The second-order valence-electron chi connectivity index (χ2n) is 12.1. The van der Waals surface area contributed by atoms with Gasteiger partial charge in [0, 0.05) is 71.5 Å². The van der Waals surface area contributed by atoms with Crippen molar-refractivity contribution in [1.82, 2.24) is 19.7 Å². The summed E-state index contributed by atoms with van der Waals surface area (Å²) in [7, 11) is 2.92. The molecular formula is C32H37F4N7O4. The molecule has 0 spiro atoms. The number of pyridine rings is 1. The maximum absolute atomic E-state index is 15.4. The van der Waals surface area contributed by atoms with Crippen molar-refractivity contribution in [3.8, 4) is 0 Å². The number of halogens is 4. The zero-order chi connectivity index (χ0) is 34.2. The second-order valence-corrected chi connectivity index (χ2v) is 12.1. The maximum atomic E-state index is 15.4. The zero-order valence-electron chi connectivity index (χ0n) is 26.5. The molecular weight excluding hydrogens is 622 g/mol. The van der Waals surface area contributed by atoms with Crippen LogP contribution in [0.1, 0.15) is 24.1 Å². The summed E-state index contributed by atoms with van der Waals surface area (Å²) < 4.78 is 56.1. The number of aryl methyl sites for hydroxylation is 1. The summed E-state index contributed by atoms with van der Waals surface area (Å²) in [5.41, 5.74) is -0.876. The van der Waals surface area contributed by atoms with Gasteiger partial charge in [0.05, 0.1) is 23.5 Å². The van der Waals surface area contributed by atoms with E-state index >= 15 is 4.39 Å². The van der Waals surface area contributed by atoms with E-state index in [1.165, 1.54) is 50.2 Å². The lowest BCUT2D eigenvalue weighted by atomic mass is 10.1. The van der Waals surface area contributed by atoms with Crippen molar-refractivity contribution in [3.05, 3.63) is 60.1 Å². The first-order valence-corrected chi connectivity index (χ1v) is 15.3. The summed E-state index contributed by atoms with van der Waals surface area (Å²) in [4.78, 5) is 65.6. The van der Waals surface area contributed by atoms with Crippen LogP contribution in [0.3, 0.4) is 0 Å². The highest BCUT2D eigenvalue weighted by molar-refractivity contribution is 6.09. The molecule has 2 aromatic rings. The molecule has 2 unspecified atom stereocenters. The third-order valence-corrected chi connectivity index (χ3v) is 8.95. The van der Waals surface area contributed by atoms with Crippen LogP contribution in [0.4, 0.5) is 34.8 Å². The molecule has 1 aromatic carbocycles. The maximum Gasteiger partial charge on any atom is 0.416 e. The Balaban J connectivity index is 1.33. The molecule has 15 heteroatoms. The van der Waals surface area contributed by atoms with Gasteiger partial charge < -0.3 is 19.6 Å². The number of fused-ring (bicyclic) bond motifs is 1. The van der Waals surface area contributed by atoms with E-state index in [1.807, 2.05) is 0 Å². The van der Waals surface area contributed by atoms with Gasteiger partial charge in [-0.25, -0.2) is 9.37 Å². The molecule has 0 saturated carbocycles. The van der Waals surface area contributed by atoms with E-state index in [0.29, 0.717) is 39.3 Å². The van der Waals surface area contributed by atoms with E-state index in [0.717, 1.165) is 21.9 Å². The molecule has 3 aliphatic heterocycles. The molecule has 4 heterocycles. The van der Waals surface area contributed by atoms with Crippen molar-refractivity contribution in [2.45, 2.75) is 38.0 Å². The Morgan fingerprint density at radius 2 is 1.74 bits per heavy atom. The van der Waals surface area contributed by atoms with Crippen LogP contribution in [-0.4, -0.2) is 115 Å². The number of piperazine rings is 2. The highest BCUT2D eigenvalue weighted by Crippen LogP contribution is 2.36. The molecule has 3 fully saturated rings. The van der Waals surface area contributed by atoms with E-state index < -0.39 is 35.4 Å². The Bertz CT molecular complexity index is 1580. The fourth-order valence-electron chi connectivity index (χ4n) is 6.53. The molecule has 0 radical (unpaired) electrons. The number of amides is 4. The number of likely N-dealkylation sites (N-methyl/N-ethyl adjacent to an activating group) is 2. The predicted octanol–water partition coefficient (Wildman–Crippen LogP) is 2.68. The van der Waals surface area contributed by atoms with Crippen molar-refractivity contribution in [2.24, 2.45) is 0 Å². The lowest BCUT2D eigenvalue weighted by molar-refractivity contribution is -0.138. The number of para-hydroxylation sites is 1. The van der Waals surface area contributed by atoms with Gasteiger partial charge in [-0.15, -0.1) is 0 Å². The largest absolute Gasteiger partial charge is 0.416 e. The molecule has 4 amide bonds. The van der Waals surface area contributed by atoms with E-state index in [2.05, 4.69) is 16.5 Å². The van der Waals surface area contributed by atoms with Crippen LogP contribution >= 0.6 is 0 Å². The summed E-state index contributed by atoms with van der Waals surface area (Å²) >= 11 is 0. The van der Waals surface area contributed by atoms with Crippen LogP contribution in [0.25, 0.3) is 0 Å². The Hall–Kier alpha value is -4.53. The summed E-state index contributed by atoms with van der Waals surface area (Å²) in [5.74, 6) is -2.61. The van der Waals surface area contributed by atoms with Crippen molar-refractivity contribution in [2.75, 3.05) is 74.6 Å². The van der Waals surface area contributed by atoms with E-state index in [4.69, 9.17) is 0 Å². The average Bonchev–Trinajstić information content (AvgIpc) is 3.43. The number of rotatable bonds is 7. The Morgan fingerprint density at radius 3 is 2.43 bits per heavy atom. The first-order valence-electron chi connectivity index (χ1n) is 15.3. The van der Waals surface area contributed by atoms with Crippen LogP contribution in [0.5, 0.6) is 0 Å². The molecule has 47 heavy (non-hydrogen) atoms. The van der Waals surface area contributed by atoms with Crippen molar-refractivity contribution in [3.63, 3.8) is 0 Å². The lowest BCUT2D eigenvalue weighted by Crippen LogP contribution is -2.63. The molecule has 3 aliphatic rings. The van der Waals surface area contributed by atoms with Gasteiger partial charge >= 0.3 is 6.18 Å². The van der Waals surface area contributed by atoms with Gasteiger partial charge in [0.1, 0.15) is 17.7 Å². The molecule has 252 valence electrons. The van der Waals surface area contributed by atoms with Gasteiger partial charge in [0.25, 0.3) is 0 Å². The van der Waals surface area contributed by atoms with Crippen molar-refractivity contribution in [1.29, 1.82) is 0 Å². The number of benzene rings is 1. The van der Waals surface area contributed by atoms with Crippen molar-refractivity contribution >= 4 is 40.8 Å². The number of hydrogen-bond acceptors (Lipinski definition) is 7. The predicted molar refractivity (Wildman–Crippen MR) is 166 cm³/mol. The third kappa shape index (κ3) is 6.94. The van der Waals surface area contributed by atoms with E-state index in [-0.39, 0.29) is 60.1 Å². The topological polar surface area (TPSA) is 101 Å². The molecule has 0 bridgehead atoms. The fraction of sp³-hybridized carbons (Fsp3) is 0.469. The molecule has 2 atom stereocenters. The number of anilines is 3. The van der Waals surface area contributed by atoms with Crippen LogP contribution in [0.2, 0.25) is 0 Å². The Morgan fingerprint density at radius 1 is 1.06 bits per heavy atom. The molecule has 0 aliphatic carbocycles. The minimum Gasteiger partial charge on any atom is -0.361 e. The number of nitrogens with zero attached hydrogens (tertiary/aromatic N) is 7. The van der Waals surface area contributed by atoms with Gasteiger partial charge in [0.15, 0.2) is 0 Å². The molecule has 3 saturated heterocycles. The minimum atomic E-state index is -4.69. The van der Waals surface area contributed by atoms with Gasteiger partial charge in [0.2, 0.25) is 23.6 Å². The van der Waals surface area contributed by atoms with Gasteiger partial charge in [-0.2, -0.15) is 13.2 Å². The normalized spacial score (nSPS) is 20.2. The van der Waals surface area contributed by atoms with Crippen LogP contribution in [0.15, 0.2) is 43.0 Å². The average molecular weight is 660 g/mol. The fourth-order valence-corrected chi connectivity index (χ4v) is 6.53. The quantitative estimate of drug-likeness (QED) is 0.333. The number of aromatic nitrogens is 1. The summed E-state index contributed by atoms with van der Waals surface area (Å²) in [5, 5.41) is 0. The number of hydrogen-bond donors (Lipinski definition) is 0. The van der Waals surface area contributed by atoms with Crippen LogP contribution in [0, 0.1) is 12.7 Å². The molecule has 1 aromatic heterocycles. The first-order chi connectivity index (χ1) is 22.2. The zero-order valence-corrected chi connectivity index (χ0v) is 26.5. The number of carbonyl (C=O) groups is 4. The second kappa shape index (κ2) is 13.3. The standard InChI is InChI=1S/C32H37F4N7O4/c1-5-27(44)41-13-11-40-12-14-42(18-22(40)17-41)29(46)19-38(3)30-23(33)7-6-8-24(30)39(4)31(47)25-9-10-28(45)43(25)26-16-21(32(34,35)36)15-20(2)37-26/h5-8,15-16,22,25H,1,9-14,17-19H2,2-4H3. The Kier molecular flexibility index (Phi) is 9.57. The third-order valence-electron chi connectivity index (χ3n) is 8.95. The van der Waals surface area contributed by atoms with Crippen LogP contribution < -0.4 is 14.7 Å². The Labute approximate surface area is 270 Å². The van der Waals surface area contributed by atoms with Gasteiger partial charge in [-0.1, -0.05) is 12.6 Å². The van der Waals surface area contributed by atoms with Crippen molar-refractivity contribution < 1.29 is 36.7 Å². The van der Waals surface area contributed by atoms with Gasteiger partial charge in [-0.05, 0) is 43.7 Å². The minimum absolute atomic E-state index is 0.0280. The number of carbonyl (C=O) groups excluding carboxylic acids is 4. The SMILES string of the molecule is C=CC(=O)N1CCN2CCN(C(=O)CN(C)c3c(F)cccc3N(C)C(=O)C3CCC(=O)N3c3cc(C(F)(F)F)cc(C)n3)CC2C1. The molecule has 11 nitrogen and oxygen atoms in total. The molecule has 5 rings (SSSR count). The monoisotopic (exact) mass is 659 g/mol. The summed E-state index contributed by atoms with van der Waals surface area (Å²) in [6.45, 7) is 7.95. The first kappa shape index (κ1) is 33.8. The lowest BCUT2D eigenvalue weighted by Gasteiger charge is -2.47. The van der Waals surface area contributed by atoms with E-state index in [1.54, 1.807) is 9.80 Å². The molecule has 0 N–H and O–H groups in total. The highest BCUT2D eigenvalue weighted by Gasteiger charge is 2.42. The smallest absolute Gasteiger partial charge is 0.361 e. The summed E-state index contributed by atoms with van der Waals surface area (Å²) in [6.07, 6.45) is -3.47. The van der Waals surface area contributed by atoms with E-state index in [9.17, 15) is 32.3 Å².